The van der Waals surface area contributed by atoms with Crippen molar-refractivity contribution >= 4 is 25.8 Å². The minimum absolute atomic E-state index is 0. The van der Waals surface area contributed by atoms with Crippen LogP contribution < -0.4 is 18.9 Å². The van der Waals surface area contributed by atoms with E-state index in [-0.39, 0.29) is 69.4 Å². The van der Waals surface area contributed by atoms with Gasteiger partial charge in [-0.1, -0.05) is 137 Å². The Kier molecular flexibility index (Phi) is 23.7. The molecule has 4 unspecified atom stereocenters. The van der Waals surface area contributed by atoms with Crippen molar-refractivity contribution in [2.45, 2.75) is 202 Å². The van der Waals surface area contributed by atoms with Crippen molar-refractivity contribution in [2.75, 3.05) is 32.6 Å². The van der Waals surface area contributed by atoms with Gasteiger partial charge in [-0.2, -0.15) is 6.42 Å². The summed E-state index contributed by atoms with van der Waals surface area (Å²) in [4.78, 5) is 33.8. The zero-order valence-corrected chi connectivity index (χ0v) is 48.0. The number of hydrogen-bond donors (Lipinski definition) is 0. The molecule has 0 saturated heterocycles. The van der Waals surface area contributed by atoms with Crippen LogP contribution in [0.5, 0.6) is 0 Å². The number of carbonyl (C=O) groups is 3. The van der Waals surface area contributed by atoms with E-state index in [0.29, 0.717) is 37.9 Å². The van der Waals surface area contributed by atoms with Gasteiger partial charge in [0.15, 0.2) is 0 Å². The Bertz CT molecular complexity index is 2200. The first-order chi connectivity index (χ1) is 32.1. The van der Waals surface area contributed by atoms with Gasteiger partial charge in [0, 0.05) is 23.5 Å². The molecule has 2 aromatic carbocycles. The summed E-state index contributed by atoms with van der Waals surface area (Å²) in [5, 5.41) is 0. The molecule has 6 rings (SSSR count). The molecular formula is C60H92LiO8P. The van der Waals surface area contributed by atoms with Crippen molar-refractivity contribution in [3.8, 4) is 0 Å². The van der Waals surface area contributed by atoms with Gasteiger partial charge in [-0.25, -0.2) is 9.59 Å². The molecule has 4 atom stereocenters. The maximum atomic E-state index is 12.1. The molecular weight excluding hydrogens is 887 g/mol. The number of rotatable bonds is 16. The second-order valence-corrected chi connectivity index (χ2v) is 24.9. The number of benzene rings is 2. The summed E-state index contributed by atoms with van der Waals surface area (Å²) in [6.07, 6.45) is 17.9. The van der Waals surface area contributed by atoms with Gasteiger partial charge in [-0.05, 0) is 152 Å². The molecule has 10 heteroatoms. The van der Waals surface area contributed by atoms with Crippen molar-refractivity contribution in [1.29, 1.82) is 0 Å². The fourth-order valence-electron chi connectivity index (χ4n) is 9.77. The van der Waals surface area contributed by atoms with Crippen molar-refractivity contribution in [2.24, 2.45) is 11.8 Å². The Hall–Kier alpha value is -2.98. The van der Waals surface area contributed by atoms with Crippen molar-refractivity contribution in [1.82, 2.24) is 0 Å². The maximum Gasteiger partial charge on any atom is 1.00 e. The summed E-state index contributed by atoms with van der Waals surface area (Å²) in [5.74, 6) is 0.0448. The fourth-order valence-corrected chi connectivity index (χ4v) is 11.5. The first kappa shape index (κ1) is 63.1. The van der Waals surface area contributed by atoms with E-state index in [1.165, 1.54) is 78.0 Å². The average Bonchev–Trinajstić information content (AvgIpc) is 4.17. The van der Waals surface area contributed by atoms with Gasteiger partial charge in [0.25, 0.3) is 0 Å². The van der Waals surface area contributed by atoms with Crippen LogP contribution in [0.1, 0.15) is 202 Å². The van der Waals surface area contributed by atoms with Crippen LogP contribution >= 0.6 is 7.60 Å². The van der Waals surface area contributed by atoms with Crippen LogP contribution in [0.2, 0.25) is 0 Å². The van der Waals surface area contributed by atoms with E-state index in [9.17, 15) is 18.9 Å². The summed E-state index contributed by atoms with van der Waals surface area (Å²) < 4.78 is 32.1. The van der Waals surface area contributed by atoms with E-state index in [2.05, 4.69) is 132 Å². The predicted octanol–water partition coefficient (Wildman–Crippen LogP) is 12.3. The molecule has 0 spiro atoms. The van der Waals surface area contributed by atoms with E-state index in [0.717, 1.165) is 24.7 Å². The van der Waals surface area contributed by atoms with Crippen LogP contribution in [-0.4, -0.2) is 50.8 Å². The van der Waals surface area contributed by atoms with Crippen molar-refractivity contribution < 1.29 is 56.3 Å². The third kappa shape index (κ3) is 16.8. The Balaban J connectivity index is 0.000000355. The monoisotopic (exact) mass is 979 g/mol. The standard InChI is InChI=1S/C26H36O2.C19H26O.C11H21O5P.C4H9.Li/c1-8-28-23(27)15-18(2)9-10-20-17-26(20,7)19-11-12-21-22(16-19)25(5,6)14-13-24(21,3)4;1-17(2)8-9-18(3,4)16-10-13(6-7-15(16)17)19(5)11-14(19)12-20;1-5-14-11(12)8-10(4)9-17(13,15-6-2)16-7-3;1-3-4-2;/h9-12,15-16,20H,8,13-14,17H2,1-7H3;6-7,10,12,14H,8-9,11H2,1-5H3;8H,5-7,9H2,1-4H3;1,3-4H2,2H3;/q;;;-1;+1/b10-9+,18-15+;;10-8+;;. The van der Waals surface area contributed by atoms with Gasteiger partial charge in [-0.3, -0.25) is 4.57 Å². The largest absolute Gasteiger partial charge is 1.00 e. The fraction of sp³-hybridized carbons (Fsp3) is 0.633. The minimum Gasteiger partial charge on any atom is -0.463 e. The second-order valence-electron chi connectivity index (χ2n) is 22.8. The summed E-state index contributed by atoms with van der Waals surface area (Å²) in [5.41, 5.74) is 11.8. The number of ether oxygens (including phenoxy) is 2. The number of esters is 2. The third-order valence-electron chi connectivity index (χ3n) is 15.1. The van der Waals surface area contributed by atoms with Gasteiger partial charge >= 0.3 is 38.4 Å². The predicted molar refractivity (Wildman–Crippen MR) is 286 cm³/mol. The van der Waals surface area contributed by atoms with Crippen LogP contribution in [-0.2, 0) is 70.0 Å². The Morgan fingerprint density at radius 2 is 1.01 bits per heavy atom. The van der Waals surface area contributed by atoms with Crippen LogP contribution in [0, 0.1) is 18.8 Å². The second kappa shape index (κ2) is 26.3. The average molecular weight is 979 g/mol. The summed E-state index contributed by atoms with van der Waals surface area (Å²) in [6.45, 7) is 41.3. The molecule has 2 aromatic rings. The summed E-state index contributed by atoms with van der Waals surface area (Å²) in [7, 11) is -3.13. The molecule has 4 aliphatic carbocycles. The number of unbranched alkanes of at least 4 members (excludes halogenated alkanes) is 1. The van der Waals surface area contributed by atoms with E-state index < -0.39 is 13.6 Å². The zero-order chi connectivity index (χ0) is 52.2. The quantitative estimate of drug-likeness (QED) is 0.0311. The first-order valence-corrected chi connectivity index (χ1v) is 27.6. The van der Waals surface area contributed by atoms with Gasteiger partial charge in [0.05, 0.1) is 32.6 Å². The first-order valence-electron chi connectivity index (χ1n) is 25.9. The maximum absolute atomic E-state index is 12.1. The van der Waals surface area contributed by atoms with Crippen LogP contribution in [0.15, 0.2) is 71.8 Å². The normalized spacial score (nSPS) is 24.3. The number of carbonyl (C=O) groups excluding carboxylic acids is 3. The van der Waals surface area contributed by atoms with Gasteiger partial charge in [0.2, 0.25) is 0 Å². The molecule has 0 aromatic heterocycles. The molecule has 0 amide bonds. The zero-order valence-electron chi connectivity index (χ0n) is 47.1. The topological polar surface area (TPSA) is 105 Å². The molecule has 2 fully saturated rings. The molecule has 386 valence electrons. The van der Waals surface area contributed by atoms with Gasteiger partial charge in [-0.15, -0.1) is 0 Å². The van der Waals surface area contributed by atoms with Crippen molar-refractivity contribution in [3.05, 3.63) is 112 Å². The van der Waals surface area contributed by atoms with Gasteiger partial charge in [0.1, 0.15) is 6.29 Å². The van der Waals surface area contributed by atoms with Crippen molar-refractivity contribution in [3.63, 3.8) is 0 Å². The Morgan fingerprint density at radius 3 is 1.39 bits per heavy atom. The number of aldehydes is 1. The Labute approximate surface area is 438 Å². The summed E-state index contributed by atoms with van der Waals surface area (Å²) >= 11 is 0. The van der Waals surface area contributed by atoms with Gasteiger partial charge < -0.3 is 30.2 Å². The molecule has 0 heterocycles. The molecule has 0 radical (unpaired) electrons. The number of hydrogen-bond acceptors (Lipinski definition) is 8. The molecule has 0 N–H and O–H groups in total. The van der Waals surface area contributed by atoms with Crippen LogP contribution in [0.25, 0.3) is 0 Å². The smallest absolute Gasteiger partial charge is 0.463 e. The van der Waals surface area contributed by atoms with E-state index >= 15 is 0 Å². The van der Waals surface area contributed by atoms with E-state index in [4.69, 9.17) is 18.5 Å². The van der Waals surface area contributed by atoms with E-state index in [1.54, 1.807) is 33.8 Å². The molecule has 0 bridgehead atoms. The third-order valence-corrected chi connectivity index (χ3v) is 17.3. The molecule has 2 saturated carbocycles. The SMILES string of the molecule is CC1(C)CCC(C)(C)c2cc(C3(C)CC3C=O)ccc21.CCOC(=O)/C=C(C)/C=C/C1CC1(C)c1ccc2c(c1)C(C)(C)CCC2(C)C.CCOC(=O)/C=C(\C)CP(=O)(OCC)OCC.[CH2-]CCC.[Li+]. The van der Waals surface area contributed by atoms with Crippen LogP contribution in [0.4, 0.5) is 0 Å². The van der Waals surface area contributed by atoms with Crippen LogP contribution in [0.3, 0.4) is 0 Å². The molecule has 4 aliphatic rings. The minimum atomic E-state index is -3.13. The number of allylic oxidation sites excluding steroid dienone is 4. The molecule has 70 heavy (non-hydrogen) atoms. The molecule has 8 nitrogen and oxygen atoms in total. The Morgan fingerprint density at radius 1 is 0.629 bits per heavy atom. The number of fused-ring (bicyclic) bond motifs is 2. The summed E-state index contributed by atoms with van der Waals surface area (Å²) in [6, 6.07) is 14.2. The van der Waals surface area contributed by atoms with E-state index in [1.807, 2.05) is 13.8 Å². The molecule has 0 aliphatic heterocycles.